The molecule has 0 saturated heterocycles. The Morgan fingerprint density at radius 3 is 2.53 bits per heavy atom. The molecule has 17 heavy (non-hydrogen) atoms. The van der Waals surface area contributed by atoms with Gasteiger partial charge in [-0.3, -0.25) is 0 Å². The zero-order valence-corrected chi connectivity index (χ0v) is 10.0. The molecule has 0 aliphatic rings. The monoisotopic (exact) mass is 230 g/mol. The maximum Gasteiger partial charge on any atom is 0.214 e. The molecule has 0 saturated carbocycles. The van der Waals surface area contributed by atoms with Gasteiger partial charge >= 0.3 is 0 Å². The molecule has 0 radical (unpaired) electrons. The van der Waals surface area contributed by atoms with Gasteiger partial charge < -0.3 is 4.90 Å². The molecule has 3 heteroatoms. The zero-order valence-electron chi connectivity index (χ0n) is 10.0. The Labute approximate surface area is 101 Å². The molecule has 0 N–H and O–H groups in total. The van der Waals surface area contributed by atoms with E-state index in [-0.39, 0.29) is 0 Å². The summed E-state index contributed by atoms with van der Waals surface area (Å²) in [6.45, 7) is 2.81. The lowest BCUT2D eigenvalue weighted by atomic mass is 10.1. The number of benzene rings is 1. The SMILES string of the molecule is Cc1ccc(CN(C)c2ccnc(F)c2)cc1. The minimum Gasteiger partial charge on any atom is -0.370 e. The Morgan fingerprint density at radius 2 is 1.88 bits per heavy atom. The minimum atomic E-state index is -0.446. The van der Waals surface area contributed by atoms with Gasteiger partial charge in [-0.05, 0) is 18.6 Å². The summed E-state index contributed by atoms with van der Waals surface area (Å²) in [4.78, 5) is 5.54. The lowest BCUT2D eigenvalue weighted by Crippen LogP contribution is -2.16. The molecule has 2 aromatic rings. The fraction of sp³-hybridized carbons (Fsp3) is 0.214. The minimum absolute atomic E-state index is 0.446. The van der Waals surface area contributed by atoms with Crippen LogP contribution in [0.5, 0.6) is 0 Å². The van der Waals surface area contributed by atoms with Crippen LogP contribution >= 0.6 is 0 Å². The molecule has 1 aromatic carbocycles. The lowest BCUT2D eigenvalue weighted by Gasteiger charge is -2.19. The van der Waals surface area contributed by atoms with Crippen LogP contribution in [0, 0.1) is 12.9 Å². The number of anilines is 1. The van der Waals surface area contributed by atoms with Crippen molar-refractivity contribution in [1.82, 2.24) is 4.98 Å². The number of aromatic nitrogens is 1. The van der Waals surface area contributed by atoms with Crippen molar-refractivity contribution < 1.29 is 4.39 Å². The third-order valence-corrected chi connectivity index (χ3v) is 2.69. The Hall–Kier alpha value is -1.90. The van der Waals surface area contributed by atoms with E-state index < -0.39 is 5.95 Å². The second-order valence-electron chi connectivity index (χ2n) is 4.18. The highest BCUT2D eigenvalue weighted by Crippen LogP contribution is 2.15. The lowest BCUT2D eigenvalue weighted by molar-refractivity contribution is 0.583. The van der Waals surface area contributed by atoms with Crippen LogP contribution in [0.25, 0.3) is 0 Å². The highest BCUT2D eigenvalue weighted by atomic mass is 19.1. The molecule has 0 unspecified atom stereocenters. The third-order valence-electron chi connectivity index (χ3n) is 2.69. The molecule has 2 rings (SSSR count). The molecule has 88 valence electrons. The first-order valence-corrected chi connectivity index (χ1v) is 5.53. The second kappa shape index (κ2) is 4.95. The van der Waals surface area contributed by atoms with E-state index in [1.807, 2.05) is 11.9 Å². The molecule has 0 aliphatic carbocycles. The first-order chi connectivity index (χ1) is 8.15. The van der Waals surface area contributed by atoms with Crippen LogP contribution in [-0.2, 0) is 6.54 Å². The van der Waals surface area contributed by atoms with Gasteiger partial charge in [0.1, 0.15) is 0 Å². The number of aryl methyl sites for hydroxylation is 1. The van der Waals surface area contributed by atoms with Gasteiger partial charge in [0, 0.05) is 31.5 Å². The van der Waals surface area contributed by atoms with Gasteiger partial charge in [-0.25, -0.2) is 4.98 Å². The van der Waals surface area contributed by atoms with Crippen molar-refractivity contribution in [2.75, 3.05) is 11.9 Å². The molecule has 1 heterocycles. The van der Waals surface area contributed by atoms with Crippen molar-refractivity contribution >= 4 is 5.69 Å². The smallest absolute Gasteiger partial charge is 0.214 e. The highest BCUT2D eigenvalue weighted by Gasteiger charge is 2.03. The first kappa shape index (κ1) is 11.6. The van der Waals surface area contributed by atoms with E-state index in [2.05, 4.69) is 36.2 Å². The van der Waals surface area contributed by atoms with E-state index in [9.17, 15) is 4.39 Å². The predicted molar refractivity (Wildman–Crippen MR) is 67.5 cm³/mol. The topological polar surface area (TPSA) is 16.1 Å². The maximum absolute atomic E-state index is 13.0. The largest absolute Gasteiger partial charge is 0.370 e. The van der Waals surface area contributed by atoms with Gasteiger partial charge in [-0.2, -0.15) is 4.39 Å². The van der Waals surface area contributed by atoms with E-state index in [0.29, 0.717) is 0 Å². The van der Waals surface area contributed by atoms with Crippen LogP contribution < -0.4 is 4.90 Å². The molecule has 0 spiro atoms. The Bertz CT molecular complexity index is 494. The van der Waals surface area contributed by atoms with E-state index in [1.165, 1.54) is 23.4 Å². The Kier molecular flexibility index (Phi) is 3.38. The van der Waals surface area contributed by atoms with Gasteiger partial charge in [0.25, 0.3) is 0 Å². The number of rotatable bonds is 3. The van der Waals surface area contributed by atoms with Crippen molar-refractivity contribution in [3.8, 4) is 0 Å². The average molecular weight is 230 g/mol. The van der Waals surface area contributed by atoms with Crippen molar-refractivity contribution in [2.24, 2.45) is 0 Å². The number of halogens is 1. The molecule has 1 aromatic heterocycles. The standard InChI is InChI=1S/C14H15FN2/c1-11-3-5-12(6-4-11)10-17(2)13-7-8-16-14(15)9-13/h3-9H,10H2,1-2H3. The molecule has 2 nitrogen and oxygen atoms in total. The van der Waals surface area contributed by atoms with Crippen molar-refractivity contribution in [2.45, 2.75) is 13.5 Å². The van der Waals surface area contributed by atoms with Crippen molar-refractivity contribution in [1.29, 1.82) is 0 Å². The van der Waals surface area contributed by atoms with Gasteiger partial charge in [0.2, 0.25) is 5.95 Å². The summed E-state index contributed by atoms with van der Waals surface area (Å²) < 4.78 is 13.0. The molecule has 0 fully saturated rings. The number of hydrogen-bond donors (Lipinski definition) is 0. The predicted octanol–water partition coefficient (Wildman–Crippen LogP) is 3.17. The summed E-state index contributed by atoms with van der Waals surface area (Å²) in [5.74, 6) is -0.446. The van der Waals surface area contributed by atoms with E-state index in [1.54, 1.807) is 6.07 Å². The Balaban J connectivity index is 2.11. The third kappa shape index (κ3) is 3.03. The van der Waals surface area contributed by atoms with E-state index in [4.69, 9.17) is 0 Å². The van der Waals surface area contributed by atoms with E-state index in [0.717, 1.165) is 12.2 Å². The van der Waals surface area contributed by atoms with Crippen LogP contribution in [0.1, 0.15) is 11.1 Å². The van der Waals surface area contributed by atoms with Gasteiger partial charge in [-0.15, -0.1) is 0 Å². The number of pyridine rings is 1. The molecule has 0 aliphatic heterocycles. The number of nitrogens with zero attached hydrogens (tertiary/aromatic N) is 2. The summed E-state index contributed by atoms with van der Waals surface area (Å²) >= 11 is 0. The van der Waals surface area contributed by atoms with Crippen molar-refractivity contribution in [3.05, 3.63) is 59.7 Å². The van der Waals surface area contributed by atoms with Crippen LogP contribution in [0.2, 0.25) is 0 Å². The van der Waals surface area contributed by atoms with Gasteiger partial charge in [0.15, 0.2) is 0 Å². The molecule has 0 amide bonds. The maximum atomic E-state index is 13.0. The quantitative estimate of drug-likeness (QED) is 0.753. The van der Waals surface area contributed by atoms with Crippen LogP contribution in [0.4, 0.5) is 10.1 Å². The second-order valence-corrected chi connectivity index (χ2v) is 4.18. The average Bonchev–Trinajstić information content (AvgIpc) is 2.32. The molecule has 0 atom stereocenters. The van der Waals surface area contributed by atoms with Gasteiger partial charge in [-0.1, -0.05) is 29.8 Å². The van der Waals surface area contributed by atoms with Gasteiger partial charge in [0.05, 0.1) is 0 Å². The molecule has 0 bridgehead atoms. The van der Waals surface area contributed by atoms with Crippen molar-refractivity contribution in [3.63, 3.8) is 0 Å². The van der Waals surface area contributed by atoms with Crippen LogP contribution in [0.3, 0.4) is 0 Å². The molecular formula is C14H15FN2. The molecular weight excluding hydrogens is 215 g/mol. The summed E-state index contributed by atoms with van der Waals surface area (Å²) in [6, 6.07) is 11.6. The fourth-order valence-corrected chi connectivity index (χ4v) is 1.69. The summed E-state index contributed by atoms with van der Waals surface area (Å²) in [7, 11) is 1.94. The van der Waals surface area contributed by atoms with Crippen LogP contribution in [-0.4, -0.2) is 12.0 Å². The number of hydrogen-bond acceptors (Lipinski definition) is 2. The first-order valence-electron chi connectivity index (χ1n) is 5.53. The summed E-state index contributed by atoms with van der Waals surface area (Å²) in [5, 5.41) is 0. The fourth-order valence-electron chi connectivity index (χ4n) is 1.69. The summed E-state index contributed by atoms with van der Waals surface area (Å²) in [6.07, 6.45) is 1.48. The normalized spacial score (nSPS) is 10.3. The van der Waals surface area contributed by atoms with E-state index >= 15 is 0 Å². The van der Waals surface area contributed by atoms with Crippen LogP contribution in [0.15, 0.2) is 42.6 Å². The highest BCUT2D eigenvalue weighted by molar-refractivity contribution is 5.44. The summed E-state index contributed by atoms with van der Waals surface area (Å²) in [5.41, 5.74) is 3.28. The Morgan fingerprint density at radius 1 is 1.18 bits per heavy atom. The zero-order chi connectivity index (χ0) is 12.3.